The molecule has 0 aliphatic carbocycles. The van der Waals surface area contributed by atoms with Gasteiger partial charge < -0.3 is 14.8 Å². The van der Waals surface area contributed by atoms with Crippen molar-refractivity contribution < 1.29 is 14.3 Å². The Morgan fingerprint density at radius 1 is 1.40 bits per heavy atom. The lowest BCUT2D eigenvalue weighted by Gasteiger charge is -2.12. The molecular weight excluding hydrogens is 358 g/mol. The summed E-state index contributed by atoms with van der Waals surface area (Å²) in [6.07, 6.45) is 4.07. The van der Waals surface area contributed by atoms with Gasteiger partial charge in [-0.05, 0) is 54.1 Å². The molecule has 0 saturated carbocycles. The summed E-state index contributed by atoms with van der Waals surface area (Å²) in [6.45, 7) is 5.15. The molecule has 25 heavy (non-hydrogen) atoms. The topological polar surface area (TPSA) is 47.6 Å². The molecule has 0 aliphatic rings. The lowest BCUT2D eigenvalue weighted by atomic mass is 10.2. The van der Waals surface area contributed by atoms with Gasteiger partial charge in [0.2, 0.25) is 5.91 Å². The van der Waals surface area contributed by atoms with Crippen LogP contribution in [0.4, 0.5) is 0 Å². The van der Waals surface area contributed by atoms with Gasteiger partial charge in [-0.3, -0.25) is 4.79 Å². The molecule has 1 N–H and O–H groups in total. The maximum atomic E-state index is 12.0. The highest BCUT2D eigenvalue weighted by Gasteiger charge is 2.11. The zero-order valence-electron chi connectivity index (χ0n) is 14.6. The van der Waals surface area contributed by atoms with Crippen LogP contribution in [0, 0.1) is 6.92 Å². The average Bonchev–Trinajstić information content (AvgIpc) is 3.01. The van der Waals surface area contributed by atoms with Gasteiger partial charge >= 0.3 is 0 Å². The van der Waals surface area contributed by atoms with Gasteiger partial charge in [0.1, 0.15) is 0 Å². The number of benzene rings is 1. The van der Waals surface area contributed by atoms with Crippen LogP contribution in [0.5, 0.6) is 11.5 Å². The maximum absolute atomic E-state index is 12.0. The maximum Gasteiger partial charge on any atom is 0.244 e. The van der Waals surface area contributed by atoms with E-state index in [0.29, 0.717) is 29.7 Å². The number of methoxy groups -OCH3 is 1. The largest absolute Gasteiger partial charge is 0.493 e. The first-order valence-electron chi connectivity index (χ1n) is 8.04. The monoisotopic (exact) mass is 379 g/mol. The van der Waals surface area contributed by atoms with Crippen molar-refractivity contribution in [3.8, 4) is 11.5 Å². The van der Waals surface area contributed by atoms with Crippen molar-refractivity contribution in [1.82, 2.24) is 5.32 Å². The summed E-state index contributed by atoms with van der Waals surface area (Å²) in [5.74, 6) is 0.921. The Kier molecular flexibility index (Phi) is 7.34. The molecule has 0 bridgehead atoms. The molecule has 2 rings (SSSR count). The first-order valence-corrected chi connectivity index (χ1v) is 9.30. The fourth-order valence-electron chi connectivity index (χ4n) is 2.16. The number of halogens is 1. The van der Waals surface area contributed by atoms with Crippen molar-refractivity contribution in [2.24, 2.45) is 0 Å². The standard InChI is InChI=1S/C19H22ClNO3S/c1-4-8-24-19-15(20)10-14(11-16(19)23-3)5-6-18(22)21-12-17-13(2)7-9-25-17/h5-7,9-11H,4,8,12H2,1-3H3,(H,21,22)/b6-5+. The zero-order chi connectivity index (χ0) is 18.2. The van der Waals surface area contributed by atoms with Gasteiger partial charge in [0, 0.05) is 11.0 Å². The Balaban J connectivity index is 2.03. The van der Waals surface area contributed by atoms with E-state index in [1.165, 1.54) is 11.6 Å². The molecule has 0 unspecified atom stereocenters. The molecule has 0 spiro atoms. The lowest BCUT2D eigenvalue weighted by molar-refractivity contribution is -0.116. The minimum atomic E-state index is -0.158. The van der Waals surface area contributed by atoms with E-state index in [1.54, 1.807) is 36.7 Å². The minimum Gasteiger partial charge on any atom is -0.493 e. The van der Waals surface area contributed by atoms with Crippen molar-refractivity contribution in [2.75, 3.05) is 13.7 Å². The summed E-state index contributed by atoms with van der Waals surface area (Å²) in [4.78, 5) is 13.1. The predicted octanol–water partition coefficient (Wildman–Crippen LogP) is 4.84. The van der Waals surface area contributed by atoms with Gasteiger partial charge in [-0.25, -0.2) is 0 Å². The van der Waals surface area contributed by atoms with Gasteiger partial charge in [-0.2, -0.15) is 0 Å². The number of aryl methyl sites for hydroxylation is 1. The molecular formula is C19H22ClNO3S. The zero-order valence-corrected chi connectivity index (χ0v) is 16.2. The molecule has 134 valence electrons. The highest BCUT2D eigenvalue weighted by atomic mass is 35.5. The van der Waals surface area contributed by atoms with Crippen LogP contribution in [0.25, 0.3) is 6.08 Å². The van der Waals surface area contributed by atoms with Crippen LogP contribution < -0.4 is 14.8 Å². The Hall–Kier alpha value is -1.98. The van der Waals surface area contributed by atoms with E-state index in [-0.39, 0.29) is 5.91 Å². The molecule has 0 fully saturated rings. The number of hydrogen-bond acceptors (Lipinski definition) is 4. The second-order valence-corrected chi connectivity index (χ2v) is 6.87. The van der Waals surface area contributed by atoms with Crippen molar-refractivity contribution in [1.29, 1.82) is 0 Å². The summed E-state index contributed by atoms with van der Waals surface area (Å²) in [5, 5.41) is 5.35. The Labute approximate surface area is 157 Å². The number of rotatable bonds is 8. The quantitative estimate of drug-likeness (QED) is 0.668. The highest BCUT2D eigenvalue weighted by Crippen LogP contribution is 2.36. The van der Waals surface area contributed by atoms with Gasteiger partial charge in [0.25, 0.3) is 0 Å². The minimum absolute atomic E-state index is 0.158. The molecule has 4 nitrogen and oxygen atoms in total. The van der Waals surface area contributed by atoms with Gasteiger partial charge in [0.05, 0.1) is 25.3 Å². The van der Waals surface area contributed by atoms with Gasteiger partial charge in [-0.15, -0.1) is 11.3 Å². The number of nitrogens with one attached hydrogen (secondary N) is 1. The lowest BCUT2D eigenvalue weighted by Crippen LogP contribution is -2.19. The van der Waals surface area contributed by atoms with Crippen molar-refractivity contribution in [3.05, 3.63) is 50.7 Å². The van der Waals surface area contributed by atoms with Crippen LogP contribution in [0.15, 0.2) is 29.7 Å². The summed E-state index contributed by atoms with van der Waals surface area (Å²) in [5.41, 5.74) is 1.96. The van der Waals surface area contributed by atoms with Crippen molar-refractivity contribution >= 4 is 34.9 Å². The van der Waals surface area contributed by atoms with Crippen LogP contribution in [-0.4, -0.2) is 19.6 Å². The van der Waals surface area contributed by atoms with Crippen LogP contribution >= 0.6 is 22.9 Å². The SMILES string of the molecule is CCCOc1c(Cl)cc(/C=C/C(=O)NCc2sccc2C)cc1OC. The van der Waals surface area contributed by atoms with E-state index in [4.69, 9.17) is 21.1 Å². The van der Waals surface area contributed by atoms with Crippen LogP contribution in [0.3, 0.4) is 0 Å². The van der Waals surface area contributed by atoms with Crippen LogP contribution in [-0.2, 0) is 11.3 Å². The number of hydrogen-bond donors (Lipinski definition) is 1. The van der Waals surface area contributed by atoms with E-state index >= 15 is 0 Å². The van der Waals surface area contributed by atoms with E-state index in [1.807, 2.05) is 25.3 Å². The molecule has 1 aromatic carbocycles. The van der Waals surface area contributed by atoms with Crippen LogP contribution in [0.2, 0.25) is 5.02 Å². The Bertz CT molecular complexity index is 755. The summed E-state index contributed by atoms with van der Waals surface area (Å²) in [6, 6.07) is 5.59. The second-order valence-electron chi connectivity index (χ2n) is 5.46. The summed E-state index contributed by atoms with van der Waals surface area (Å²) < 4.78 is 11.0. The average molecular weight is 380 g/mol. The van der Waals surface area contributed by atoms with E-state index in [0.717, 1.165) is 16.9 Å². The van der Waals surface area contributed by atoms with Gasteiger partial charge in [-0.1, -0.05) is 18.5 Å². The first kappa shape index (κ1) is 19.3. The number of amides is 1. The fraction of sp³-hybridized carbons (Fsp3) is 0.316. The van der Waals surface area contributed by atoms with Crippen molar-refractivity contribution in [3.63, 3.8) is 0 Å². The predicted molar refractivity (Wildman–Crippen MR) is 104 cm³/mol. The van der Waals surface area contributed by atoms with E-state index in [9.17, 15) is 4.79 Å². The first-order chi connectivity index (χ1) is 12.0. The third-order valence-electron chi connectivity index (χ3n) is 3.52. The smallest absolute Gasteiger partial charge is 0.244 e. The van der Waals surface area contributed by atoms with Gasteiger partial charge in [0.15, 0.2) is 11.5 Å². The molecule has 0 atom stereocenters. The number of thiophene rings is 1. The van der Waals surface area contributed by atoms with E-state index < -0.39 is 0 Å². The molecule has 2 aromatic rings. The van der Waals surface area contributed by atoms with Crippen molar-refractivity contribution in [2.45, 2.75) is 26.8 Å². The fourth-order valence-corrected chi connectivity index (χ4v) is 3.28. The molecule has 6 heteroatoms. The normalized spacial score (nSPS) is 10.9. The molecule has 1 aromatic heterocycles. The summed E-state index contributed by atoms with van der Waals surface area (Å²) in [7, 11) is 1.56. The Morgan fingerprint density at radius 2 is 2.20 bits per heavy atom. The molecule has 0 aliphatic heterocycles. The second kappa shape index (κ2) is 9.49. The molecule has 1 heterocycles. The molecule has 0 radical (unpaired) electrons. The molecule has 0 saturated heterocycles. The number of carbonyl (C=O) groups excluding carboxylic acids is 1. The number of carbonyl (C=O) groups is 1. The third kappa shape index (κ3) is 5.51. The Morgan fingerprint density at radius 3 is 2.84 bits per heavy atom. The molecule has 1 amide bonds. The third-order valence-corrected chi connectivity index (χ3v) is 4.82. The van der Waals surface area contributed by atoms with Crippen LogP contribution in [0.1, 0.15) is 29.3 Å². The number of ether oxygens (including phenoxy) is 2. The highest BCUT2D eigenvalue weighted by molar-refractivity contribution is 7.10. The van der Waals surface area contributed by atoms with E-state index in [2.05, 4.69) is 5.32 Å². The summed E-state index contributed by atoms with van der Waals surface area (Å²) >= 11 is 7.91.